The molecule has 0 heterocycles. The van der Waals surface area contributed by atoms with Crippen LogP contribution in [0.2, 0.25) is 0 Å². The van der Waals surface area contributed by atoms with Crippen molar-refractivity contribution in [3.8, 4) is 6.07 Å². The summed E-state index contributed by atoms with van der Waals surface area (Å²) in [5, 5.41) is 17.5. The Morgan fingerprint density at radius 1 is 1.40 bits per heavy atom. The summed E-state index contributed by atoms with van der Waals surface area (Å²) < 4.78 is 37.4. The lowest BCUT2D eigenvalue weighted by atomic mass is 10.0. The van der Waals surface area contributed by atoms with E-state index in [1.54, 1.807) is 22.6 Å². The van der Waals surface area contributed by atoms with E-state index in [0.717, 1.165) is 6.07 Å². The second-order valence-corrected chi connectivity index (χ2v) is 3.81. The van der Waals surface area contributed by atoms with Crippen LogP contribution in [-0.4, -0.2) is 5.11 Å². The standard InChI is InChI=1S/C9H5F3INO/c10-9(11,12)7-2-1-5(4-15)8(13)6(7)3-14/h1-2,15H,4H2. The summed E-state index contributed by atoms with van der Waals surface area (Å²) in [6.45, 7) is -0.384. The fourth-order valence-electron chi connectivity index (χ4n) is 1.09. The molecule has 80 valence electrons. The maximum Gasteiger partial charge on any atom is 0.417 e. The van der Waals surface area contributed by atoms with E-state index in [0.29, 0.717) is 5.56 Å². The molecule has 0 saturated heterocycles. The molecule has 0 spiro atoms. The van der Waals surface area contributed by atoms with Crippen LogP contribution in [0.25, 0.3) is 0 Å². The SMILES string of the molecule is N#Cc1c(C(F)(F)F)ccc(CO)c1I. The minimum atomic E-state index is -4.54. The third kappa shape index (κ3) is 2.41. The van der Waals surface area contributed by atoms with Crippen molar-refractivity contribution in [2.45, 2.75) is 12.8 Å². The molecule has 0 aliphatic rings. The molecule has 0 unspecified atom stereocenters. The number of rotatable bonds is 1. The van der Waals surface area contributed by atoms with Gasteiger partial charge in [0.1, 0.15) is 6.07 Å². The molecule has 0 radical (unpaired) electrons. The zero-order valence-electron chi connectivity index (χ0n) is 7.27. The zero-order valence-corrected chi connectivity index (χ0v) is 9.43. The summed E-state index contributed by atoms with van der Waals surface area (Å²) in [6.07, 6.45) is -4.54. The van der Waals surface area contributed by atoms with Crippen LogP contribution in [-0.2, 0) is 12.8 Å². The van der Waals surface area contributed by atoms with E-state index in [-0.39, 0.29) is 10.2 Å². The Balaban J connectivity index is 3.47. The Morgan fingerprint density at radius 2 is 2.00 bits per heavy atom. The predicted molar refractivity (Wildman–Crippen MR) is 54.8 cm³/mol. The van der Waals surface area contributed by atoms with Gasteiger partial charge in [-0.2, -0.15) is 18.4 Å². The van der Waals surface area contributed by atoms with Gasteiger partial charge in [0.25, 0.3) is 0 Å². The largest absolute Gasteiger partial charge is 0.417 e. The lowest BCUT2D eigenvalue weighted by Crippen LogP contribution is -2.10. The number of nitrogens with zero attached hydrogens (tertiary/aromatic N) is 1. The monoisotopic (exact) mass is 327 g/mol. The van der Waals surface area contributed by atoms with Crippen molar-refractivity contribution in [3.05, 3.63) is 32.4 Å². The van der Waals surface area contributed by atoms with Gasteiger partial charge in [-0.05, 0) is 34.2 Å². The van der Waals surface area contributed by atoms with Crippen LogP contribution in [0.4, 0.5) is 13.2 Å². The molecule has 6 heteroatoms. The van der Waals surface area contributed by atoms with E-state index in [1.807, 2.05) is 0 Å². The number of hydrogen-bond donors (Lipinski definition) is 1. The third-order valence-corrected chi connectivity index (χ3v) is 3.04. The Morgan fingerprint density at radius 3 is 2.40 bits per heavy atom. The average molecular weight is 327 g/mol. The summed E-state index contributed by atoms with van der Waals surface area (Å²) in [5.74, 6) is 0. The van der Waals surface area contributed by atoms with Gasteiger partial charge in [0, 0.05) is 3.57 Å². The molecule has 2 nitrogen and oxygen atoms in total. The van der Waals surface area contributed by atoms with E-state index in [1.165, 1.54) is 12.1 Å². The highest BCUT2D eigenvalue weighted by Gasteiger charge is 2.34. The maximum atomic E-state index is 12.4. The number of halogens is 4. The van der Waals surface area contributed by atoms with Gasteiger partial charge in [0.2, 0.25) is 0 Å². The molecule has 0 atom stereocenters. The fourth-order valence-corrected chi connectivity index (χ4v) is 1.85. The minimum absolute atomic E-state index is 0.146. The first kappa shape index (κ1) is 12.3. The van der Waals surface area contributed by atoms with Crippen molar-refractivity contribution in [1.29, 1.82) is 5.26 Å². The number of hydrogen-bond acceptors (Lipinski definition) is 2. The fraction of sp³-hybridized carbons (Fsp3) is 0.222. The molecule has 0 amide bonds. The average Bonchev–Trinajstić information content (AvgIpc) is 2.15. The van der Waals surface area contributed by atoms with Crippen LogP contribution >= 0.6 is 22.6 Å². The predicted octanol–water partition coefficient (Wildman–Crippen LogP) is 2.67. The molecule has 0 aliphatic heterocycles. The minimum Gasteiger partial charge on any atom is -0.392 e. The lowest BCUT2D eigenvalue weighted by Gasteiger charge is -2.11. The van der Waals surface area contributed by atoms with E-state index in [9.17, 15) is 13.2 Å². The molecule has 1 rings (SSSR count). The Kier molecular flexibility index (Phi) is 3.57. The summed E-state index contributed by atoms with van der Waals surface area (Å²) in [7, 11) is 0. The normalized spacial score (nSPS) is 11.2. The first-order valence-electron chi connectivity index (χ1n) is 3.81. The highest BCUT2D eigenvalue weighted by Crippen LogP contribution is 2.34. The van der Waals surface area contributed by atoms with Crippen molar-refractivity contribution >= 4 is 22.6 Å². The number of aliphatic hydroxyl groups is 1. The second kappa shape index (κ2) is 4.37. The third-order valence-electron chi connectivity index (χ3n) is 1.81. The van der Waals surface area contributed by atoms with Crippen molar-refractivity contribution in [3.63, 3.8) is 0 Å². The first-order valence-corrected chi connectivity index (χ1v) is 4.89. The van der Waals surface area contributed by atoms with Gasteiger partial charge >= 0.3 is 6.18 Å². The van der Waals surface area contributed by atoms with Crippen molar-refractivity contribution in [2.24, 2.45) is 0 Å². The van der Waals surface area contributed by atoms with Gasteiger partial charge < -0.3 is 5.11 Å². The topological polar surface area (TPSA) is 44.0 Å². The molecule has 0 saturated carbocycles. The van der Waals surface area contributed by atoms with Crippen LogP contribution in [0.15, 0.2) is 12.1 Å². The number of aliphatic hydroxyl groups excluding tert-OH is 1. The van der Waals surface area contributed by atoms with Crippen molar-refractivity contribution in [1.82, 2.24) is 0 Å². The summed E-state index contributed by atoms with van der Waals surface area (Å²) >= 11 is 1.62. The Bertz CT molecular complexity index is 423. The van der Waals surface area contributed by atoms with Gasteiger partial charge in [0.05, 0.1) is 17.7 Å². The van der Waals surface area contributed by atoms with Gasteiger partial charge in [-0.3, -0.25) is 0 Å². The van der Waals surface area contributed by atoms with Crippen molar-refractivity contribution in [2.75, 3.05) is 0 Å². The van der Waals surface area contributed by atoms with Crippen LogP contribution in [0, 0.1) is 14.9 Å². The molecule has 0 aliphatic carbocycles. The molecule has 1 N–H and O–H groups in total. The van der Waals surface area contributed by atoms with Crippen LogP contribution in [0.1, 0.15) is 16.7 Å². The van der Waals surface area contributed by atoms with E-state index < -0.39 is 17.3 Å². The van der Waals surface area contributed by atoms with Crippen LogP contribution in [0.5, 0.6) is 0 Å². The molecule has 0 fully saturated rings. The molecular formula is C9H5F3INO. The molecule has 0 aromatic heterocycles. The molecular weight excluding hydrogens is 322 g/mol. The molecule has 1 aromatic rings. The summed E-state index contributed by atoms with van der Waals surface area (Å²) in [4.78, 5) is 0. The van der Waals surface area contributed by atoms with Crippen LogP contribution < -0.4 is 0 Å². The smallest absolute Gasteiger partial charge is 0.392 e. The molecule has 1 aromatic carbocycles. The van der Waals surface area contributed by atoms with Gasteiger partial charge in [-0.1, -0.05) is 6.07 Å². The molecule has 15 heavy (non-hydrogen) atoms. The quantitative estimate of drug-likeness (QED) is 0.806. The molecule has 0 bridgehead atoms. The number of benzene rings is 1. The second-order valence-electron chi connectivity index (χ2n) is 2.73. The van der Waals surface area contributed by atoms with E-state index in [4.69, 9.17) is 10.4 Å². The Labute approximate surface area is 97.5 Å². The van der Waals surface area contributed by atoms with E-state index >= 15 is 0 Å². The zero-order chi connectivity index (χ0) is 11.6. The van der Waals surface area contributed by atoms with Gasteiger partial charge in [-0.15, -0.1) is 0 Å². The first-order chi connectivity index (χ1) is 6.91. The highest BCUT2D eigenvalue weighted by molar-refractivity contribution is 14.1. The van der Waals surface area contributed by atoms with Crippen LogP contribution in [0.3, 0.4) is 0 Å². The summed E-state index contributed by atoms with van der Waals surface area (Å²) in [6, 6.07) is 3.49. The highest BCUT2D eigenvalue weighted by atomic mass is 127. The lowest BCUT2D eigenvalue weighted by molar-refractivity contribution is -0.137. The van der Waals surface area contributed by atoms with Crippen molar-refractivity contribution < 1.29 is 18.3 Å². The summed E-state index contributed by atoms with van der Waals surface area (Å²) in [5.41, 5.74) is -1.08. The Hall–Kier alpha value is -0.810. The van der Waals surface area contributed by atoms with Gasteiger partial charge in [0.15, 0.2) is 0 Å². The number of alkyl halides is 3. The maximum absolute atomic E-state index is 12.4. The van der Waals surface area contributed by atoms with Gasteiger partial charge in [-0.25, -0.2) is 0 Å². The number of nitriles is 1. The van der Waals surface area contributed by atoms with E-state index in [2.05, 4.69) is 0 Å².